The highest BCUT2D eigenvalue weighted by atomic mass is 16.5. The monoisotopic (exact) mass is 253 g/mol. The van der Waals surface area contributed by atoms with Crippen LogP contribution in [0.4, 0.5) is 0 Å². The summed E-state index contributed by atoms with van der Waals surface area (Å²) >= 11 is 0. The van der Waals surface area contributed by atoms with E-state index in [-0.39, 0.29) is 0 Å². The summed E-state index contributed by atoms with van der Waals surface area (Å²) in [5.74, 6) is 1.46. The van der Waals surface area contributed by atoms with Crippen LogP contribution in [-0.2, 0) is 0 Å². The predicted octanol–water partition coefficient (Wildman–Crippen LogP) is 3.71. The van der Waals surface area contributed by atoms with E-state index >= 15 is 0 Å². The highest BCUT2D eigenvalue weighted by Crippen LogP contribution is 2.36. The molecular weight excluding hydrogens is 238 g/mol. The molecule has 0 spiro atoms. The number of rotatable bonds is 2. The van der Waals surface area contributed by atoms with Gasteiger partial charge in [0.05, 0.1) is 25.3 Å². The van der Waals surface area contributed by atoms with Crippen LogP contribution in [0.3, 0.4) is 0 Å². The van der Waals surface area contributed by atoms with Crippen molar-refractivity contribution < 1.29 is 9.47 Å². The molecule has 0 radical (unpaired) electrons. The molecule has 0 aliphatic carbocycles. The largest absolute Gasteiger partial charge is 0.493 e. The Labute approximate surface area is 111 Å². The van der Waals surface area contributed by atoms with Gasteiger partial charge in [-0.1, -0.05) is 12.1 Å². The summed E-state index contributed by atoms with van der Waals surface area (Å²) in [7, 11) is 3.29. The summed E-state index contributed by atoms with van der Waals surface area (Å²) in [5, 5.41) is 2.07. The van der Waals surface area contributed by atoms with Crippen LogP contribution >= 0.6 is 0 Å². The van der Waals surface area contributed by atoms with E-state index in [1.54, 1.807) is 14.2 Å². The molecule has 0 saturated heterocycles. The minimum atomic E-state index is 0.725. The highest BCUT2D eigenvalue weighted by Gasteiger charge is 2.10. The molecule has 0 bridgehead atoms. The Hall–Kier alpha value is -2.29. The molecular formula is C16H15NO2. The standard InChI is InChI=1S/C16H15NO2/c1-10-4-5-11-9-12-13(17-14(11)8-10)6-7-15(18-2)16(12)19-3/h4-9H,1-3H3. The second-order valence-corrected chi connectivity index (χ2v) is 4.55. The van der Waals surface area contributed by atoms with Crippen LogP contribution in [0.2, 0.25) is 0 Å². The van der Waals surface area contributed by atoms with Gasteiger partial charge in [0.15, 0.2) is 11.5 Å². The Morgan fingerprint density at radius 2 is 1.74 bits per heavy atom. The van der Waals surface area contributed by atoms with Gasteiger partial charge in [-0.15, -0.1) is 0 Å². The van der Waals surface area contributed by atoms with Gasteiger partial charge in [-0.25, -0.2) is 4.98 Å². The summed E-state index contributed by atoms with van der Waals surface area (Å²) in [5.41, 5.74) is 3.12. The minimum Gasteiger partial charge on any atom is -0.493 e. The maximum absolute atomic E-state index is 5.46. The number of hydrogen-bond donors (Lipinski definition) is 0. The highest BCUT2D eigenvalue weighted by molar-refractivity contribution is 5.97. The molecule has 0 N–H and O–H groups in total. The first-order chi connectivity index (χ1) is 9.22. The second-order valence-electron chi connectivity index (χ2n) is 4.55. The van der Waals surface area contributed by atoms with Crippen LogP contribution < -0.4 is 9.47 Å². The van der Waals surface area contributed by atoms with Crippen LogP contribution in [0.15, 0.2) is 36.4 Å². The van der Waals surface area contributed by atoms with Crippen molar-refractivity contribution in [3.63, 3.8) is 0 Å². The van der Waals surface area contributed by atoms with Gasteiger partial charge in [0.2, 0.25) is 0 Å². The first-order valence-corrected chi connectivity index (χ1v) is 6.15. The number of pyridine rings is 1. The quantitative estimate of drug-likeness (QED) is 0.652. The molecule has 0 aliphatic heterocycles. The van der Waals surface area contributed by atoms with Crippen molar-refractivity contribution in [3.8, 4) is 11.5 Å². The van der Waals surface area contributed by atoms with Gasteiger partial charge in [-0.05, 0) is 36.8 Å². The molecule has 0 amide bonds. The van der Waals surface area contributed by atoms with E-state index in [2.05, 4.69) is 36.2 Å². The molecule has 0 aliphatic rings. The molecule has 0 saturated carbocycles. The van der Waals surface area contributed by atoms with Crippen molar-refractivity contribution in [1.82, 2.24) is 4.98 Å². The fourth-order valence-electron chi connectivity index (χ4n) is 2.34. The Bertz CT molecular complexity index is 765. The maximum Gasteiger partial charge on any atom is 0.170 e. The van der Waals surface area contributed by atoms with Crippen LogP contribution in [0.1, 0.15) is 5.56 Å². The predicted molar refractivity (Wildman–Crippen MR) is 77.1 cm³/mol. The molecule has 3 aromatic rings. The van der Waals surface area contributed by atoms with Crippen molar-refractivity contribution in [2.45, 2.75) is 6.92 Å². The normalized spacial score (nSPS) is 10.9. The Morgan fingerprint density at radius 1 is 0.895 bits per heavy atom. The third-order valence-electron chi connectivity index (χ3n) is 3.29. The third-order valence-corrected chi connectivity index (χ3v) is 3.29. The number of fused-ring (bicyclic) bond motifs is 2. The van der Waals surface area contributed by atoms with Crippen molar-refractivity contribution in [3.05, 3.63) is 42.0 Å². The molecule has 1 heterocycles. The summed E-state index contributed by atoms with van der Waals surface area (Å²) < 4.78 is 10.8. The zero-order chi connectivity index (χ0) is 13.4. The van der Waals surface area contributed by atoms with Gasteiger partial charge in [-0.2, -0.15) is 0 Å². The lowest BCUT2D eigenvalue weighted by Gasteiger charge is -2.11. The number of nitrogens with zero attached hydrogens (tertiary/aromatic N) is 1. The average Bonchev–Trinajstić information content (AvgIpc) is 2.43. The van der Waals surface area contributed by atoms with Crippen LogP contribution in [0.5, 0.6) is 11.5 Å². The first-order valence-electron chi connectivity index (χ1n) is 6.15. The van der Waals surface area contributed by atoms with Crippen molar-refractivity contribution in [2.75, 3.05) is 14.2 Å². The van der Waals surface area contributed by atoms with E-state index in [0.29, 0.717) is 0 Å². The van der Waals surface area contributed by atoms with E-state index in [1.807, 2.05) is 12.1 Å². The number of benzene rings is 2. The number of methoxy groups -OCH3 is 2. The van der Waals surface area contributed by atoms with E-state index in [9.17, 15) is 0 Å². The fourth-order valence-corrected chi connectivity index (χ4v) is 2.34. The lowest BCUT2D eigenvalue weighted by Crippen LogP contribution is -1.93. The number of hydrogen-bond acceptors (Lipinski definition) is 3. The topological polar surface area (TPSA) is 31.4 Å². The molecule has 3 nitrogen and oxygen atoms in total. The molecule has 3 rings (SSSR count). The van der Waals surface area contributed by atoms with Crippen LogP contribution in [0, 0.1) is 6.92 Å². The second kappa shape index (κ2) is 4.43. The number of aromatic nitrogens is 1. The van der Waals surface area contributed by atoms with Crippen LogP contribution in [-0.4, -0.2) is 19.2 Å². The molecule has 1 aromatic heterocycles. The zero-order valence-electron chi connectivity index (χ0n) is 11.2. The maximum atomic E-state index is 5.46. The summed E-state index contributed by atoms with van der Waals surface area (Å²) in [6, 6.07) is 12.2. The van der Waals surface area contributed by atoms with Gasteiger partial charge in [0.1, 0.15) is 0 Å². The number of aryl methyl sites for hydroxylation is 1. The smallest absolute Gasteiger partial charge is 0.170 e. The molecule has 96 valence electrons. The Kier molecular flexibility index (Phi) is 2.75. The Balaban J connectivity index is 2.40. The van der Waals surface area contributed by atoms with Crippen molar-refractivity contribution >= 4 is 21.8 Å². The molecule has 2 aromatic carbocycles. The van der Waals surface area contributed by atoms with Gasteiger partial charge < -0.3 is 9.47 Å². The van der Waals surface area contributed by atoms with Crippen molar-refractivity contribution in [2.24, 2.45) is 0 Å². The van der Waals surface area contributed by atoms with E-state index in [4.69, 9.17) is 9.47 Å². The van der Waals surface area contributed by atoms with E-state index in [1.165, 1.54) is 5.56 Å². The summed E-state index contributed by atoms with van der Waals surface area (Å²) in [6.07, 6.45) is 0. The molecule has 0 fully saturated rings. The van der Waals surface area contributed by atoms with Gasteiger partial charge in [0, 0.05) is 10.8 Å². The van der Waals surface area contributed by atoms with Gasteiger partial charge in [0.25, 0.3) is 0 Å². The fraction of sp³-hybridized carbons (Fsp3) is 0.188. The van der Waals surface area contributed by atoms with Crippen molar-refractivity contribution in [1.29, 1.82) is 0 Å². The molecule has 0 atom stereocenters. The Morgan fingerprint density at radius 3 is 2.47 bits per heavy atom. The SMILES string of the molecule is COc1ccc2nc3cc(C)ccc3cc2c1OC. The minimum absolute atomic E-state index is 0.725. The molecule has 3 heteroatoms. The zero-order valence-corrected chi connectivity index (χ0v) is 11.2. The summed E-state index contributed by atoms with van der Waals surface area (Å²) in [6.45, 7) is 2.07. The van der Waals surface area contributed by atoms with E-state index < -0.39 is 0 Å². The van der Waals surface area contributed by atoms with Crippen LogP contribution in [0.25, 0.3) is 21.8 Å². The average molecular weight is 253 g/mol. The van der Waals surface area contributed by atoms with Gasteiger partial charge in [-0.3, -0.25) is 0 Å². The summed E-state index contributed by atoms with van der Waals surface area (Å²) in [4.78, 5) is 4.69. The lowest BCUT2D eigenvalue weighted by molar-refractivity contribution is 0.358. The molecule has 19 heavy (non-hydrogen) atoms. The lowest BCUT2D eigenvalue weighted by atomic mass is 10.1. The number of ether oxygens (including phenoxy) is 2. The molecule has 0 unspecified atom stereocenters. The third kappa shape index (κ3) is 1.87. The van der Waals surface area contributed by atoms with E-state index in [0.717, 1.165) is 33.3 Å². The first kappa shape index (κ1) is 11.8. The van der Waals surface area contributed by atoms with Gasteiger partial charge >= 0.3 is 0 Å².